The maximum absolute atomic E-state index is 13.7. The van der Waals surface area contributed by atoms with Crippen molar-refractivity contribution in [2.75, 3.05) is 27.2 Å². The molecule has 31 heavy (non-hydrogen) atoms. The highest BCUT2D eigenvalue weighted by Crippen LogP contribution is 2.37. The maximum Gasteiger partial charge on any atom is 0.328 e. The first-order valence-electron chi connectivity index (χ1n) is 11.1. The largest absolute Gasteiger partial charge is 0.372 e. The second-order valence-electron chi connectivity index (χ2n) is 9.31. The zero-order valence-corrected chi connectivity index (χ0v) is 18.7. The van der Waals surface area contributed by atoms with Crippen LogP contribution in [-0.4, -0.2) is 70.3 Å². The summed E-state index contributed by atoms with van der Waals surface area (Å²) in [5.41, 5.74) is 3.33. The molecule has 7 nitrogen and oxygen atoms in total. The molecule has 2 atom stereocenters. The number of aromatic nitrogens is 2. The lowest BCUT2D eigenvalue weighted by molar-refractivity contribution is -0.0587. The van der Waals surface area contributed by atoms with Gasteiger partial charge in [0.1, 0.15) is 5.69 Å². The van der Waals surface area contributed by atoms with Gasteiger partial charge in [0, 0.05) is 39.1 Å². The Morgan fingerprint density at radius 3 is 2.39 bits per heavy atom. The van der Waals surface area contributed by atoms with Crippen LogP contribution in [0.3, 0.4) is 0 Å². The average molecular weight is 423 g/mol. The summed E-state index contributed by atoms with van der Waals surface area (Å²) in [7, 11) is 3.45. The topological polar surface area (TPSA) is 59.7 Å². The molecule has 0 unspecified atom stereocenters. The fourth-order valence-corrected chi connectivity index (χ4v) is 4.82. The molecule has 2 aromatic heterocycles. The number of rotatable bonds is 3. The Morgan fingerprint density at radius 1 is 1.06 bits per heavy atom. The van der Waals surface area contributed by atoms with Crippen LogP contribution >= 0.6 is 0 Å². The summed E-state index contributed by atoms with van der Waals surface area (Å²) in [4.78, 5) is 30.3. The number of hydrogen-bond donors (Lipinski definition) is 0. The van der Waals surface area contributed by atoms with E-state index in [0.29, 0.717) is 24.7 Å². The van der Waals surface area contributed by atoms with Crippen molar-refractivity contribution in [1.29, 1.82) is 0 Å². The van der Waals surface area contributed by atoms with E-state index in [0.717, 1.165) is 28.5 Å². The fraction of sp³-hybridized carbons (Fsp3) is 0.500. The molecule has 1 saturated carbocycles. The second-order valence-corrected chi connectivity index (χ2v) is 9.31. The zero-order chi connectivity index (χ0) is 21.9. The van der Waals surface area contributed by atoms with Crippen molar-refractivity contribution in [3.63, 3.8) is 0 Å². The Kier molecular flexibility index (Phi) is 4.81. The Bertz CT molecular complexity index is 1160. The molecule has 0 N–H and O–H groups in total. The lowest BCUT2D eigenvalue weighted by Gasteiger charge is -2.35. The Morgan fingerprint density at radius 2 is 1.74 bits per heavy atom. The first kappa shape index (κ1) is 20.1. The Labute approximate surface area is 182 Å². The molecule has 2 amide bonds. The number of para-hydroxylation sites is 1. The number of morpholine rings is 1. The lowest BCUT2D eigenvalue weighted by atomic mass is 10.2. The van der Waals surface area contributed by atoms with Gasteiger partial charge in [0.05, 0.1) is 28.8 Å². The number of amides is 2. The lowest BCUT2D eigenvalue weighted by Crippen LogP contribution is -2.49. The van der Waals surface area contributed by atoms with Crippen molar-refractivity contribution >= 4 is 33.9 Å². The number of benzene rings is 1. The van der Waals surface area contributed by atoms with Gasteiger partial charge in [-0.25, -0.2) is 4.79 Å². The van der Waals surface area contributed by atoms with E-state index in [9.17, 15) is 9.59 Å². The highest BCUT2D eigenvalue weighted by molar-refractivity contribution is 6.14. The minimum Gasteiger partial charge on any atom is -0.372 e. The van der Waals surface area contributed by atoms with Crippen molar-refractivity contribution in [1.82, 2.24) is 18.9 Å². The van der Waals surface area contributed by atoms with E-state index >= 15 is 0 Å². The third-order valence-electron chi connectivity index (χ3n) is 6.36. The smallest absolute Gasteiger partial charge is 0.328 e. The number of fused-ring (bicyclic) bond motifs is 3. The van der Waals surface area contributed by atoms with Crippen molar-refractivity contribution in [2.45, 2.75) is 45.4 Å². The number of carbonyl (C=O) groups excluding carboxylic acids is 2. The number of hydrogen-bond acceptors (Lipinski definition) is 3. The number of ether oxygens (including phenoxy) is 1. The zero-order valence-electron chi connectivity index (χ0n) is 18.7. The summed E-state index contributed by atoms with van der Waals surface area (Å²) >= 11 is 0. The van der Waals surface area contributed by atoms with Crippen LogP contribution in [0.5, 0.6) is 0 Å². The van der Waals surface area contributed by atoms with Gasteiger partial charge in [0.2, 0.25) is 0 Å². The first-order chi connectivity index (χ1) is 14.8. The van der Waals surface area contributed by atoms with Gasteiger partial charge in [-0.15, -0.1) is 0 Å². The van der Waals surface area contributed by atoms with Crippen LogP contribution in [0.1, 0.15) is 37.2 Å². The van der Waals surface area contributed by atoms with Gasteiger partial charge in [0.25, 0.3) is 5.91 Å². The van der Waals surface area contributed by atoms with Crippen LogP contribution in [0, 0.1) is 5.92 Å². The van der Waals surface area contributed by atoms with E-state index < -0.39 is 0 Å². The third kappa shape index (κ3) is 3.41. The highest BCUT2D eigenvalue weighted by atomic mass is 16.5. The van der Waals surface area contributed by atoms with Crippen molar-refractivity contribution in [3.8, 4) is 0 Å². The van der Waals surface area contributed by atoms with Crippen LogP contribution in [0.2, 0.25) is 0 Å². The number of nitrogens with zero attached hydrogens (tertiary/aromatic N) is 4. The average Bonchev–Trinajstić information content (AvgIpc) is 3.39. The van der Waals surface area contributed by atoms with E-state index in [2.05, 4.69) is 10.6 Å². The summed E-state index contributed by atoms with van der Waals surface area (Å²) in [6, 6.07) is 9.90. The van der Waals surface area contributed by atoms with Crippen molar-refractivity contribution < 1.29 is 14.3 Å². The molecule has 164 valence electrons. The molecule has 1 aliphatic carbocycles. The minimum atomic E-state index is -0.206. The monoisotopic (exact) mass is 422 g/mol. The fourth-order valence-electron chi connectivity index (χ4n) is 4.82. The predicted octanol–water partition coefficient (Wildman–Crippen LogP) is 3.79. The quantitative estimate of drug-likeness (QED) is 0.645. The molecule has 0 radical (unpaired) electrons. The predicted molar refractivity (Wildman–Crippen MR) is 121 cm³/mol. The molecule has 1 aliphatic heterocycles. The summed E-state index contributed by atoms with van der Waals surface area (Å²) in [6.07, 6.45) is 2.42. The molecule has 5 rings (SSSR count). The van der Waals surface area contributed by atoms with E-state index in [-0.39, 0.29) is 24.1 Å². The second kappa shape index (κ2) is 7.41. The molecular formula is C24H30N4O3. The van der Waals surface area contributed by atoms with Crippen LogP contribution in [0.4, 0.5) is 4.79 Å². The van der Waals surface area contributed by atoms with Gasteiger partial charge in [-0.3, -0.25) is 9.36 Å². The molecule has 0 bridgehead atoms. The van der Waals surface area contributed by atoms with E-state index in [4.69, 9.17) is 4.74 Å². The molecule has 2 fully saturated rings. The van der Waals surface area contributed by atoms with E-state index in [1.807, 2.05) is 43.0 Å². The molecule has 3 heterocycles. The third-order valence-corrected chi connectivity index (χ3v) is 6.36. The van der Waals surface area contributed by atoms with Crippen molar-refractivity contribution in [3.05, 3.63) is 36.0 Å². The van der Waals surface area contributed by atoms with Gasteiger partial charge >= 0.3 is 6.03 Å². The summed E-state index contributed by atoms with van der Waals surface area (Å²) in [5.74, 6) is 0.558. The molecule has 1 saturated heterocycles. The van der Waals surface area contributed by atoms with Crippen molar-refractivity contribution in [2.24, 2.45) is 5.92 Å². The molecule has 2 aliphatic rings. The van der Waals surface area contributed by atoms with Gasteiger partial charge < -0.3 is 19.1 Å². The van der Waals surface area contributed by atoms with Gasteiger partial charge in [-0.1, -0.05) is 18.2 Å². The van der Waals surface area contributed by atoms with Gasteiger partial charge in [0.15, 0.2) is 0 Å². The summed E-state index contributed by atoms with van der Waals surface area (Å²) in [6.45, 7) is 5.93. The highest BCUT2D eigenvalue weighted by Gasteiger charge is 2.33. The Balaban J connectivity index is 1.71. The normalized spacial score (nSPS) is 21.7. The molecular weight excluding hydrogens is 392 g/mol. The maximum atomic E-state index is 13.7. The summed E-state index contributed by atoms with van der Waals surface area (Å²) < 4.78 is 9.72. The SMILES string of the molecule is C[C@@H]1CN(C(=O)c2cc3c(c4ccccc4n3CC3CC3)n2C(=O)N(C)C)C[C@@H](C)O1. The van der Waals surface area contributed by atoms with E-state index in [1.165, 1.54) is 17.7 Å². The minimum absolute atomic E-state index is 0.0281. The molecule has 7 heteroatoms. The van der Waals surface area contributed by atoms with Crippen LogP contribution in [0.25, 0.3) is 21.9 Å². The standard InChI is InChI=1S/C24H30N4O3/c1-15-12-26(13-16(2)31-15)23(29)21-11-20-22(28(21)24(30)25(3)4)18-7-5-6-8-19(18)27(20)14-17-9-10-17/h5-8,11,15-17H,9-10,12-14H2,1-4H3/t15-,16-/m1/s1. The van der Waals surface area contributed by atoms with Gasteiger partial charge in [-0.05, 0) is 44.7 Å². The molecule has 3 aromatic rings. The first-order valence-corrected chi connectivity index (χ1v) is 11.1. The van der Waals surface area contributed by atoms with Crippen LogP contribution < -0.4 is 0 Å². The molecule has 0 spiro atoms. The summed E-state index contributed by atoms with van der Waals surface area (Å²) in [5, 5.41) is 1.01. The van der Waals surface area contributed by atoms with E-state index in [1.54, 1.807) is 18.7 Å². The Hall–Kier alpha value is -2.80. The van der Waals surface area contributed by atoms with Gasteiger partial charge in [-0.2, -0.15) is 0 Å². The van der Waals surface area contributed by atoms with Crippen LogP contribution in [0.15, 0.2) is 30.3 Å². The molecule has 1 aromatic carbocycles. The van der Waals surface area contributed by atoms with Crippen LogP contribution in [-0.2, 0) is 11.3 Å². The number of carbonyl (C=O) groups is 2.